The summed E-state index contributed by atoms with van der Waals surface area (Å²) in [6.07, 6.45) is 1.23. The summed E-state index contributed by atoms with van der Waals surface area (Å²) in [5.41, 5.74) is 0.884. The van der Waals surface area contributed by atoms with E-state index in [1.54, 1.807) is 6.92 Å². The van der Waals surface area contributed by atoms with Crippen molar-refractivity contribution in [1.29, 1.82) is 5.26 Å². The number of aromatic carboxylic acids is 1. The molecular weight excluding hydrogens is 156 g/mol. The molecule has 0 aliphatic heterocycles. The zero-order valence-electron chi connectivity index (χ0n) is 6.40. The lowest BCUT2D eigenvalue weighted by Gasteiger charge is -1.96. The van der Waals surface area contributed by atoms with E-state index in [0.29, 0.717) is 11.3 Å². The predicted molar refractivity (Wildman–Crippen MR) is 40.6 cm³/mol. The molecule has 0 radical (unpaired) electrons. The number of nitriles is 1. The second-order valence-electron chi connectivity index (χ2n) is 2.27. The zero-order valence-corrected chi connectivity index (χ0v) is 6.40. The van der Waals surface area contributed by atoms with Gasteiger partial charge in [0, 0.05) is 6.20 Å². The second kappa shape index (κ2) is 3.01. The molecular formula is C8H6N2O2. The van der Waals surface area contributed by atoms with Crippen molar-refractivity contribution >= 4 is 5.97 Å². The van der Waals surface area contributed by atoms with E-state index in [1.807, 2.05) is 6.07 Å². The number of hydrogen-bond acceptors (Lipinski definition) is 3. The zero-order chi connectivity index (χ0) is 9.14. The number of aryl methyl sites for hydroxylation is 1. The Morgan fingerprint density at radius 3 is 2.92 bits per heavy atom. The van der Waals surface area contributed by atoms with Crippen molar-refractivity contribution in [2.45, 2.75) is 6.92 Å². The maximum atomic E-state index is 10.4. The maximum absolute atomic E-state index is 10.4. The fourth-order valence-corrected chi connectivity index (χ4v) is 0.763. The predicted octanol–water partition coefficient (Wildman–Crippen LogP) is 0.960. The molecule has 0 aromatic carbocycles. The van der Waals surface area contributed by atoms with Crippen LogP contribution in [0.5, 0.6) is 0 Å². The van der Waals surface area contributed by atoms with Gasteiger partial charge in [-0.1, -0.05) is 0 Å². The lowest BCUT2D eigenvalue weighted by Crippen LogP contribution is -1.99. The van der Waals surface area contributed by atoms with Crippen LogP contribution in [-0.4, -0.2) is 16.1 Å². The molecule has 0 fully saturated rings. The number of rotatable bonds is 1. The van der Waals surface area contributed by atoms with Crippen LogP contribution in [-0.2, 0) is 0 Å². The van der Waals surface area contributed by atoms with E-state index in [1.165, 1.54) is 12.3 Å². The van der Waals surface area contributed by atoms with E-state index in [2.05, 4.69) is 4.98 Å². The Kier molecular flexibility index (Phi) is 2.06. The van der Waals surface area contributed by atoms with Crippen LogP contribution in [0.2, 0.25) is 0 Å². The highest BCUT2D eigenvalue weighted by molar-refractivity contribution is 5.87. The number of hydrogen-bond donors (Lipinski definition) is 1. The highest BCUT2D eigenvalue weighted by atomic mass is 16.4. The van der Waals surface area contributed by atoms with Crippen molar-refractivity contribution in [3.63, 3.8) is 0 Å². The number of aromatic nitrogens is 1. The van der Waals surface area contributed by atoms with E-state index in [0.717, 1.165) is 0 Å². The summed E-state index contributed by atoms with van der Waals surface area (Å²) in [6.45, 7) is 1.66. The van der Waals surface area contributed by atoms with Crippen molar-refractivity contribution in [3.05, 3.63) is 29.1 Å². The highest BCUT2D eigenvalue weighted by Crippen LogP contribution is 2.06. The Bertz CT molecular complexity index is 366. The van der Waals surface area contributed by atoms with Crippen LogP contribution in [0, 0.1) is 18.3 Å². The molecule has 4 nitrogen and oxygen atoms in total. The fraction of sp³-hybridized carbons (Fsp3) is 0.125. The van der Waals surface area contributed by atoms with Crippen LogP contribution in [0.3, 0.4) is 0 Å². The summed E-state index contributed by atoms with van der Waals surface area (Å²) in [7, 11) is 0. The van der Waals surface area contributed by atoms with Gasteiger partial charge in [-0.25, -0.2) is 4.79 Å². The van der Waals surface area contributed by atoms with Crippen molar-refractivity contribution in [2.24, 2.45) is 0 Å². The molecule has 1 aromatic rings. The first-order chi connectivity index (χ1) is 5.65. The SMILES string of the molecule is Cc1ncc(C(=O)O)cc1C#N. The van der Waals surface area contributed by atoms with Crippen LogP contribution in [0.15, 0.2) is 12.3 Å². The number of carboxylic acids is 1. The van der Waals surface area contributed by atoms with Crippen molar-refractivity contribution in [1.82, 2.24) is 4.98 Å². The van der Waals surface area contributed by atoms with E-state index in [4.69, 9.17) is 10.4 Å². The lowest BCUT2D eigenvalue weighted by molar-refractivity contribution is 0.0696. The minimum atomic E-state index is -1.07. The molecule has 1 rings (SSSR count). The normalized spacial score (nSPS) is 9.00. The average Bonchev–Trinajstić information content (AvgIpc) is 2.05. The monoisotopic (exact) mass is 162 g/mol. The molecule has 0 atom stereocenters. The number of pyridine rings is 1. The highest BCUT2D eigenvalue weighted by Gasteiger charge is 2.05. The molecule has 1 heterocycles. The second-order valence-corrected chi connectivity index (χ2v) is 2.27. The molecule has 1 aromatic heterocycles. The van der Waals surface area contributed by atoms with Crippen LogP contribution in [0.25, 0.3) is 0 Å². The van der Waals surface area contributed by atoms with Gasteiger partial charge in [0.05, 0.1) is 16.8 Å². The molecule has 1 N–H and O–H groups in total. The Morgan fingerprint density at radius 1 is 1.75 bits per heavy atom. The Labute approximate surface area is 69.1 Å². The molecule has 0 unspecified atom stereocenters. The quantitative estimate of drug-likeness (QED) is 0.667. The summed E-state index contributed by atoms with van der Waals surface area (Å²) in [5.74, 6) is -1.07. The van der Waals surface area contributed by atoms with Gasteiger partial charge in [-0.3, -0.25) is 4.98 Å². The summed E-state index contributed by atoms with van der Waals surface area (Å²) in [4.78, 5) is 14.2. The number of carbonyl (C=O) groups is 1. The van der Waals surface area contributed by atoms with Crippen molar-refractivity contribution in [3.8, 4) is 6.07 Å². The molecule has 0 saturated carbocycles. The van der Waals surface area contributed by atoms with Crippen LogP contribution >= 0.6 is 0 Å². The summed E-state index contributed by atoms with van der Waals surface area (Å²) < 4.78 is 0. The molecule has 0 bridgehead atoms. The van der Waals surface area contributed by atoms with Crippen LogP contribution in [0.1, 0.15) is 21.6 Å². The molecule has 0 amide bonds. The van der Waals surface area contributed by atoms with Gasteiger partial charge < -0.3 is 5.11 Å². The third-order valence-electron chi connectivity index (χ3n) is 1.45. The summed E-state index contributed by atoms with van der Waals surface area (Å²) >= 11 is 0. The van der Waals surface area contributed by atoms with Gasteiger partial charge in [-0.05, 0) is 13.0 Å². The van der Waals surface area contributed by atoms with Crippen molar-refractivity contribution in [2.75, 3.05) is 0 Å². The minimum absolute atomic E-state index is 0.0390. The smallest absolute Gasteiger partial charge is 0.337 e. The van der Waals surface area contributed by atoms with E-state index >= 15 is 0 Å². The third kappa shape index (κ3) is 1.40. The molecule has 0 spiro atoms. The molecule has 0 saturated heterocycles. The van der Waals surface area contributed by atoms with Gasteiger partial charge in [0.25, 0.3) is 0 Å². The molecule has 0 aliphatic carbocycles. The summed E-state index contributed by atoms with van der Waals surface area (Å²) in [6, 6.07) is 3.17. The first-order valence-electron chi connectivity index (χ1n) is 3.25. The topological polar surface area (TPSA) is 74.0 Å². The number of carboxylic acid groups (broad SMARTS) is 1. The number of nitrogens with zero attached hydrogens (tertiary/aromatic N) is 2. The average molecular weight is 162 g/mol. The van der Waals surface area contributed by atoms with Crippen LogP contribution < -0.4 is 0 Å². The molecule has 12 heavy (non-hydrogen) atoms. The lowest BCUT2D eigenvalue weighted by atomic mass is 10.1. The molecule has 60 valence electrons. The van der Waals surface area contributed by atoms with Crippen molar-refractivity contribution < 1.29 is 9.90 Å². The van der Waals surface area contributed by atoms with Gasteiger partial charge in [-0.15, -0.1) is 0 Å². The minimum Gasteiger partial charge on any atom is -0.478 e. The van der Waals surface area contributed by atoms with Gasteiger partial charge in [-0.2, -0.15) is 5.26 Å². The first-order valence-corrected chi connectivity index (χ1v) is 3.25. The van der Waals surface area contributed by atoms with E-state index in [9.17, 15) is 4.79 Å². The first kappa shape index (κ1) is 8.21. The third-order valence-corrected chi connectivity index (χ3v) is 1.45. The van der Waals surface area contributed by atoms with Gasteiger partial charge >= 0.3 is 5.97 Å². The van der Waals surface area contributed by atoms with Gasteiger partial charge in [0.15, 0.2) is 0 Å². The Balaban J connectivity index is 3.25. The van der Waals surface area contributed by atoms with Gasteiger partial charge in [0.2, 0.25) is 0 Å². The van der Waals surface area contributed by atoms with E-state index in [-0.39, 0.29) is 5.56 Å². The Hall–Kier alpha value is -1.89. The molecule has 0 aliphatic rings. The van der Waals surface area contributed by atoms with Gasteiger partial charge in [0.1, 0.15) is 6.07 Å². The fourth-order valence-electron chi connectivity index (χ4n) is 0.763. The maximum Gasteiger partial charge on any atom is 0.337 e. The molecule has 4 heteroatoms. The summed E-state index contributed by atoms with van der Waals surface area (Å²) in [5, 5.41) is 17.1. The standard InChI is InChI=1S/C8H6N2O2/c1-5-6(3-9)2-7(4-10-5)8(11)12/h2,4H,1H3,(H,11,12). The Morgan fingerprint density at radius 2 is 2.42 bits per heavy atom. The van der Waals surface area contributed by atoms with Crippen LogP contribution in [0.4, 0.5) is 0 Å². The van der Waals surface area contributed by atoms with E-state index < -0.39 is 5.97 Å². The largest absolute Gasteiger partial charge is 0.478 e.